The van der Waals surface area contributed by atoms with Crippen LogP contribution in [0.1, 0.15) is 25.7 Å². The molecule has 0 aliphatic heterocycles. The van der Waals surface area contributed by atoms with Gasteiger partial charge in [0.2, 0.25) is 5.91 Å². The fraction of sp³-hybridized carbons (Fsp3) is 0.462. The van der Waals surface area contributed by atoms with Crippen LogP contribution in [0.5, 0.6) is 0 Å². The highest BCUT2D eigenvalue weighted by molar-refractivity contribution is 9.10. The molecule has 0 unspecified atom stereocenters. The Morgan fingerprint density at radius 2 is 2.00 bits per heavy atom. The summed E-state index contributed by atoms with van der Waals surface area (Å²) >= 11 is 2.94. The third-order valence-electron chi connectivity index (χ3n) is 3.72. The van der Waals surface area contributed by atoms with E-state index in [-0.39, 0.29) is 33.7 Å². The van der Waals surface area contributed by atoms with E-state index >= 15 is 0 Å². The molecule has 1 amide bonds. The lowest BCUT2D eigenvalue weighted by molar-refractivity contribution is -0.384. The number of primary amides is 1. The molecule has 1 aromatic carbocycles. The van der Waals surface area contributed by atoms with E-state index in [0.29, 0.717) is 25.7 Å². The molecule has 6 nitrogen and oxygen atoms in total. The van der Waals surface area contributed by atoms with Crippen LogP contribution >= 0.6 is 15.9 Å². The Kier molecular flexibility index (Phi) is 4.76. The summed E-state index contributed by atoms with van der Waals surface area (Å²) in [6.07, 6.45) is 2.62. The number of benzene rings is 1. The van der Waals surface area contributed by atoms with Crippen molar-refractivity contribution in [2.75, 3.05) is 5.32 Å². The number of carbonyl (C=O) groups is 1. The van der Waals surface area contributed by atoms with Gasteiger partial charge in [-0.15, -0.1) is 0 Å². The first-order valence-corrected chi connectivity index (χ1v) is 7.37. The van der Waals surface area contributed by atoms with E-state index in [4.69, 9.17) is 5.73 Å². The molecule has 114 valence electrons. The number of carbonyl (C=O) groups excluding carboxylic acids is 1. The highest BCUT2D eigenvalue weighted by atomic mass is 79.9. The SMILES string of the molecule is NC(=O)C1CCC(Nc2cc(F)c(Br)cc2[N+](=O)[O-])CC1. The van der Waals surface area contributed by atoms with Gasteiger partial charge in [-0.05, 0) is 41.6 Å². The van der Waals surface area contributed by atoms with Crippen LogP contribution in [0, 0.1) is 21.8 Å². The number of anilines is 1. The minimum Gasteiger partial charge on any atom is -0.377 e. The normalized spacial score (nSPS) is 21.8. The Hall–Kier alpha value is -1.70. The predicted molar refractivity (Wildman–Crippen MR) is 79.3 cm³/mol. The van der Waals surface area contributed by atoms with E-state index < -0.39 is 10.7 Å². The van der Waals surface area contributed by atoms with Gasteiger partial charge < -0.3 is 11.1 Å². The van der Waals surface area contributed by atoms with E-state index in [1.807, 2.05) is 0 Å². The van der Waals surface area contributed by atoms with Crippen molar-refractivity contribution in [1.29, 1.82) is 0 Å². The van der Waals surface area contributed by atoms with Gasteiger partial charge in [0.05, 0.1) is 9.40 Å². The molecule has 3 N–H and O–H groups in total. The smallest absolute Gasteiger partial charge is 0.293 e. The van der Waals surface area contributed by atoms with Crippen molar-refractivity contribution in [2.24, 2.45) is 11.7 Å². The van der Waals surface area contributed by atoms with Crippen molar-refractivity contribution >= 4 is 33.2 Å². The molecular formula is C13H15BrFN3O3. The highest BCUT2D eigenvalue weighted by Gasteiger charge is 2.26. The number of nitrogens with one attached hydrogen (secondary N) is 1. The molecule has 21 heavy (non-hydrogen) atoms. The Morgan fingerprint density at radius 1 is 1.38 bits per heavy atom. The van der Waals surface area contributed by atoms with Crippen molar-refractivity contribution in [3.63, 3.8) is 0 Å². The van der Waals surface area contributed by atoms with Gasteiger partial charge in [-0.2, -0.15) is 0 Å². The van der Waals surface area contributed by atoms with E-state index in [1.165, 1.54) is 0 Å². The first-order valence-electron chi connectivity index (χ1n) is 6.57. The molecule has 1 aliphatic rings. The monoisotopic (exact) mass is 359 g/mol. The van der Waals surface area contributed by atoms with Crippen LogP contribution in [-0.4, -0.2) is 16.9 Å². The minimum absolute atomic E-state index is 0.0279. The molecule has 0 atom stereocenters. The summed E-state index contributed by atoms with van der Waals surface area (Å²) in [5.74, 6) is -1.01. The summed E-state index contributed by atoms with van der Waals surface area (Å²) in [6, 6.07) is 2.23. The summed E-state index contributed by atoms with van der Waals surface area (Å²) in [5, 5.41) is 14.0. The Labute approximate surface area is 129 Å². The summed E-state index contributed by atoms with van der Waals surface area (Å²) in [4.78, 5) is 21.6. The fourth-order valence-corrected chi connectivity index (χ4v) is 2.88. The number of amides is 1. The zero-order chi connectivity index (χ0) is 15.6. The molecule has 8 heteroatoms. The fourth-order valence-electron chi connectivity index (χ4n) is 2.55. The Morgan fingerprint density at radius 3 is 2.52 bits per heavy atom. The lowest BCUT2D eigenvalue weighted by Crippen LogP contribution is -2.32. The molecule has 2 rings (SSSR count). The molecule has 0 bridgehead atoms. The van der Waals surface area contributed by atoms with E-state index in [2.05, 4.69) is 21.2 Å². The van der Waals surface area contributed by atoms with Crippen molar-refractivity contribution in [3.8, 4) is 0 Å². The van der Waals surface area contributed by atoms with Crippen LogP contribution in [0.25, 0.3) is 0 Å². The number of hydrogen-bond acceptors (Lipinski definition) is 4. The van der Waals surface area contributed by atoms with Crippen molar-refractivity contribution in [1.82, 2.24) is 0 Å². The lowest BCUT2D eigenvalue weighted by atomic mass is 9.85. The number of hydrogen-bond donors (Lipinski definition) is 2. The second-order valence-electron chi connectivity index (χ2n) is 5.14. The summed E-state index contributed by atoms with van der Waals surface area (Å²) in [6.45, 7) is 0. The third-order valence-corrected chi connectivity index (χ3v) is 4.33. The molecule has 1 aliphatic carbocycles. The lowest BCUT2D eigenvalue weighted by Gasteiger charge is -2.28. The molecular weight excluding hydrogens is 345 g/mol. The molecule has 1 aromatic rings. The van der Waals surface area contributed by atoms with Crippen LogP contribution < -0.4 is 11.1 Å². The standard InChI is InChI=1S/C13H15BrFN3O3/c14-9-5-12(18(20)21)11(6-10(9)15)17-8-3-1-7(2-4-8)13(16)19/h5-8,17H,1-4H2,(H2,16,19). The quantitative estimate of drug-likeness (QED) is 0.637. The van der Waals surface area contributed by atoms with Gasteiger partial charge in [-0.25, -0.2) is 4.39 Å². The van der Waals surface area contributed by atoms with Gasteiger partial charge in [-0.1, -0.05) is 0 Å². The van der Waals surface area contributed by atoms with Gasteiger partial charge in [0.15, 0.2) is 0 Å². The van der Waals surface area contributed by atoms with E-state index in [9.17, 15) is 19.3 Å². The maximum Gasteiger partial charge on any atom is 0.293 e. The summed E-state index contributed by atoms with van der Waals surface area (Å²) in [7, 11) is 0. The Balaban J connectivity index is 2.11. The first kappa shape index (κ1) is 15.7. The average molecular weight is 360 g/mol. The van der Waals surface area contributed by atoms with Crippen LogP contribution in [0.4, 0.5) is 15.8 Å². The second kappa shape index (κ2) is 6.38. The largest absolute Gasteiger partial charge is 0.377 e. The van der Waals surface area contributed by atoms with Gasteiger partial charge in [0.25, 0.3) is 5.69 Å². The molecule has 1 fully saturated rings. The topological polar surface area (TPSA) is 98.3 Å². The molecule has 0 heterocycles. The first-order chi connectivity index (χ1) is 9.88. The van der Waals surface area contributed by atoms with E-state index in [0.717, 1.165) is 12.1 Å². The van der Waals surface area contributed by atoms with Crippen LogP contribution in [0.3, 0.4) is 0 Å². The minimum atomic E-state index is -0.561. The van der Waals surface area contributed by atoms with Gasteiger partial charge in [-0.3, -0.25) is 14.9 Å². The van der Waals surface area contributed by atoms with Crippen molar-refractivity contribution in [3.05, 3.63) is 32.5 Å². The maximum absolute atomic E-state index is 13.6. The zero-order valence-electron chi connectivity index (χ0n) is 11.1. The van der Waals surface area contributed by atoms with Gasteiger partial charge in [0.1, 0.15) is 11.5 Å². The number of rotatable bonds is 4. The van der Waals surface area contributed by atoms with Crippen LogP contribution in [0.15, 0.2) is 16.6 Å². The van der Waals surface area contributed by atoms with Gasteiger partial charge >= 0.3 is 0 Å². The molecule has 0 spiro atoms. The molecule has 0 radical (unpaired) electrons. The second-order valence-corrected chi connectivity index (χ2v) is 5.99. The van der Waals surface area contributed by atoms with Crippen LogP contribution in [0.2, 0.25) is 0 Å². The van der Waals surface area contributed by atoms with E-state index in [1.54, 1.807) is 0 Å². The number of nitrogens with zero attached hydrogens (tertiary/aromatic N) is 1. The summed E-state index contributed by atoms with van der Waals surface area (Å²) < 4.78 is 13.6. The third kappa shape index (κ3) is 3.69. The average Bonchev–Trinajstić information content (AvgIpc) is 2.43. The van der Waals surface area contributed by atoms with Gasteiger partial charge in [0, 0.05) is 24.1 Å². The predicted octanol–water partition coefficient (Wildman–Crippen LogP) is 2.95. The number of nitro groups is 1. The molecule has 1 saturated carbocycles. The van der Waals surface area contributed by atoms with Crippen LogP contribution in [-0.2, 0) is 4.79 Å². The number of nitrogens with two attached hydrogens (primary N) is 1. The highest BCUT2D eigenvalue weighted by Crippen LogP contribution is 2.33. The van der Waals surface area contributed by atoms with Crippen molar-refractivity contribution in [2.45, 2.75) is 31.7 Å². The number of nitro benzene ring substituents is 1. The zero-order valence-corrected chi connectivity index (χ0v) is 12.7. The van der Waals surface area contributed by atoms with Crippen molar-refractivity contribution < 1.29 is 14.1 Å². The number of halogens is 2. The summed E-state index contributed by atoms with van der Waals surface area (Å²) in [5.41, 5.74) is 5.24. The maximum atomic E-state index is 13.6. The molecule has 0 aromatic heterocycles. The molecule has 0 saturated heterocycles. The Bertz CT molecular complexity index is 574.